The van der Waals surface area contributed by atoms with E-state index in [-0.39, 0.29) is 24.4 Å². The molecular weight excluding hydrogens is 348 g/mol. The zero-order valence-corrected chi connectivity index (χ0v) is 16.3. The number of carbonyl (C=O) groups is 2. The Balaban J connectivity index is 1.91. The van der Waals surface area contributed by atoms with Crippen molar-refractivity contribution in [1.82, 2.24) is 4.90 Å². The molecule has 1 aromatic rings. The molecule has 27 heavy (non-hydrogen) atoms. The molecule has 1 aliphatic heterocycles. The number of ketones is 1. The fourth-order valence-corrected chi connectivity index (χ4v) is 2.79. The molecule has 1 fully saturated rings. The fraction of sp³-hybridized carbons (Fsp3) is 0.550. The van der Waals surface area contributed by atoms with Gasteiger partial charge in [-0.2, -0.15) is 5.26 Å². The number of benzene rings is 1. The van der Waals surface area contributed by atoms with Crippen LogP contribution in [0, 0.1) is 11.3 Å². The second-order valence-corrected chi connectivity index (χ2v) is 7.44. The molecule has 7 nitrogen and oxygen atoms in total. The van der Waals surface area contributed by atoms with Crippen LogP contribution >= 0.6 is 0 Å². The van der Waals surface area contributed by atoms with Crippen molar-refractivity contribution >= 4 is 11.9 Å². The lowest BCUT2D eigenvalue weighted by Crippen LogP contribution is -2.36. The summed E-state index contributed by atoms with van der Waals surface area (Å²) in [7, 11) is 1.48. The number of methoxy groups -OCH3 is 1. The summed E-state index contributed by atoms with van der Waals surface area (Å²) in [6.07, 6.45) is 0.170. The van der Waals surface area contributed by atoms with Crippen molar-refractivity contribution in [2.45, 2.75) is 51.9 Å². The van der Waals surface area contributed by atoms with Crippen molar-refractivity contribution in [2.75, 3.05) is 20.2 Å². The third-order valence-electron chi connectivity index (χ3n) is 4.09. The standard InChI is InChI=1S/C20H26N2O5/c1-20(2,3)27-19(24)22-10-8-15(12-22)26-13-14-5-6-16(17(23)7-9-21)18(11-14)25-4/h5-6,11,15H,7-8,10,12-13H2,1-4H3/t15-/m1/s1. The summed E-state index contributed by atoms with van der Waals surface area (Å²) >= 11 is 0. The second-order valence-electron chi connectivity index (χ2n) is 7.44. The number of ether oxygens (including phenoxy) is 3. The van der Waals surface area contributed by atoms with E-state index in [0.717, 1.165) is 12.0 Å². The van der Waals surface area contributed by atoms with Crippen LogP contribution in [0.1, 0.15) is 49.5 Å². The van der Waals surface area contributed by atoms with Gasteiger partial charge in [-0.25, -0.2) is 4.79 Å². The molecule has 1 amide bonds. The van der Waals surface area contributed by atoms with Gasteiger partial charge in [0.15, 0.2) is 5.78 Å². The smallest absolute Gasteiger partial charge is 0.410 e. The number of nitrogens with zero attached hydrogens (tertiary/aromatic N) is 2. The lowest BCUT2D eigenvalue weighted by Gasteiger charge is -2.24. The zero-order valence-electron chi connectivity index (χ0n) is 16.3. The van der Waals surface area contributed by atoms with Crippen LogP contribution in [0.2, 0.25) is 0 Å². The monoisotopic (exact) mass is 374 g/mol. The highest BCUT2D eigenvalue weighted by molar-refractivity contribution is 5.99. The topological polar surface area (TPSA) is 88.9 Å². The molecule has 1 atom stereocenters. The normalized spacial score (nSPS) is 16.7. The average molecular weight is 374 g/mol. The molecule has 1 heterocycles. The first-order valence-corrected chi connectivity index (χ1v) is 8.90. The maximum Gasteiger partial charge on any atom is 0.410 e. The first kappa shape index (κ1) is 20.7. The number of likely N-dealkylation sites (tertiary alicyclic amines) is 1. The molecule has 146 valence electrons. The van der Waals surface area contributed by atoms with Gasteiger partial charge in [0.2, 0.25) is 0 Å². The molecule has 1 aromatic carbocycles. The molecule has 7 heteroatoms. The molecule has 0 N–H and O–H groups in total. The van der Waals surface area contributed by atoms with Crippen LogP contribution in [-0.4, -0.2) is 48.7 Å². The number of carbonyl (C=O) groups excluding carboxylic acids is 2. The van der Waals surface area contributed by atoms with Gasteiger partial charge in [0, 0.05) is 6.54 Å². The zero-order chi connectivity index (χ0) is 20.0. The summed E-state index contributed by atoms with van der Waals surface area (Å²) in [6, 6.07) is 7.03. The first-order chi connectivity index (χ1) is 12.7. The Morgan fingerprint density at radius 1 is 1.33 bits per heavy atom. The minimum atomic E-state index is -0.517. The van der Waals surface area contributed by atoms with Gasteiger partial charge in [-0.3, -0.25) is 4.79 Å². The van der Waals surface area contributed by atoms with Crippen molar-refractivity contribution in [2.24, 2.45) is 0 Å². The van der Waals surface area contributed by atoms with Crippen LogP contribution in [0.4, 0.5) is 4.79 Å². The molecule has 2 rings (SSSR count). The van der Waals surface area contributed by atoms with E-state index in [9.17, 15) is 9.59 Å². The number of hydrogen-bond acceptors (Lipinski definition) is 6. The molecule has 0 aliphatic carbocycles. The second kappa shape index (κ2) is 8.87. The number of hydrogen-bond donors (Lipinski definition) is 0. The maximum absolute atomic E-state index is 12.1. The van der Waals surface area contributed by atoms with E-state index in [1.807, 2.05) is 26.8 Å². The highest BCUT2D eigenvalue weighted by Gasteiger charge is 2.30. The quantitative estimate of drug-likeness (QED) is 0.710. The molecule has 0 radical (unpaired) electrons. The molecule has 1 saturated heterocycles. The Morgan fingerprint density at radius 2 is 2.07 bits per heavy atom. The van der Waals surface area contributed by atoms with E-state index in [4.69, 9.17) is 19.5 Å². The van der Waals surface area contributed by atoms with E-state index in [2.05, 4.69) is 0 Å². The molecular formula is C20H26N2O5. The van der Waals surface area contributed by atoms with Crippen LogP contribution < -0.4 is 4.74 Å². The van der Waals surface area contributed by atoms with E-state index < -0.39 is 5.60 Å². The minimum Gasteiger partial charge on any atom is -0.496 e. The number of amides is 1. The van der Waals surface area contributed by atoms with Gasteiger partial charge in [0.1, 0.15) is 11.4 Å². The van der Waals surface area contributed by atoms with Gasteiger partial charge in [0.25, 0.3) is 0 Å². The van der Waals surface area contributed by atoms with Crippen molar-refractivity contribution in [1.29, 1.82) is 5.26 Å². The van der Waals surface area contributed by atoms with Gasteiger partial charge >= 0.3 is 6.09 Å². The van der Waals surface area contributed by atoms with Crippen molar-refractivity contribution in [3.63, 3.8) is 0 Å². The fourth-order valence-electron chi connectivity index (χ4n) is 2.79. The predicted octanol–water partition coefficient (Wildman–Crippen LogP) is 3.32. The summed E-state index contributed by atoms with van der Waals surface area (Å²) in [4.78, 5) is 25.7. The Morgan fingerprint density at radius 3 is 2.70 bits per heavy atom. The van der Waals surface area contributed by atoms with E-state index in [1.165, 1.54) is 7.11 Å². The molecule has 0 unspecified atom stereocenters. The van der Waals surface area contributed by atoms with E-state index in [1.54, 1.807) is 23.1 Å². The minimum absolute atomic E-state index is 0.0663. The van der Waals surface area contributed by atoms with E-state index in [0.29, 0.717) is 31.0 Å². The highest BCUT2D eigenvalue weighted by atomic mass is 16.6. The Kier molecular flexibility index (Phi) is 6.81. The summed E-state index contributed by atoms with van der Waals surface area (Å²) in [5.41, 5.74) is 0.730. The van der Waals surface area contributed by atoms with Crippen molar-refractivity contribution in [3.05, 3.63) is 29.3 Å². The Labute approximate surface area is 159 Å². The maximum atomic E-state index is 12.1. The van der Waals surface area contributed by atoms with Crippen LogP contribution in [0.25, 0.3) is 0 Å². The largest absolute Gasteiger partial charge is 0.496 e. The lowest BCUT2D eigenvalue weighted by atomic mass is 10.1. The molecule has 0 saturated carbocycles. The average Bonchev–Trinajstić information content (AvgIpc) is 3.07. The SMILES string of the molecule is COc1cc(CO[C@@H]2CCN(C(=O)OC(C)(C)C)C2)ccc1C(=O)CC#N. The van der Waals surface area contributed by atoms with Crippen LogP contribution in [0.3, 0.4) is 0 Å². The summed E-state index contributed by atoms with van der Waals surface area (Å²) < 4.78 is 16.5. The highest BCUT2D eigenvalue weighted by Crippen LogP contribution is 2.23. The third kappa shape index (κ3) is 5.97. The summed E-state index contributed by atoms with van der Waals surface area (Å²) in [6.45, 7) is 6.96. The van der Waals surface area contributed by atoms with Crippen molar-refractivity contribution in [3.8, 4) is 11.8 Å². The number of nitriles is 1. The van der Waals surface area contributed by atoms with E-state index >= 15 is 0 Å². The molecule has 0 bridgehead atoms. The van der Waals surface area contributed by atoms with Gasteiger partial charge in [-0.1, -0.05) is 6.07 Å². The van der Waals surface area contributed by atoms with Crippen LogP contribution in [-0.2, 0) is 16.1 Å². The molecule has 0 spiro atoms. The van der Waals surface area contributed by atoms with Gasteiger partial charge in [0.05, 0.1) is 44.4 Å². The number of rotatable bonds is 6. The summed E-state index contributed by atoms with van der Waals surface area (Å²) in [5.74, 6) is 0.156. The van der Waals surface area contributed by atoms with Crippen LogP contribution in [0.15, 0.2) is 18.2 Å². The summed E-state index contributed by atoms with van der Waals surface area (Å²) in [5, 5.41) is 8.68. The lowest BCUT2D eigenvalue weighted by molar-refractivity contribution is 0.0184. The first-order valence-electron chi connectivity index (χ1n) is 8.90. The van der Waals surface area contributed by atoms with Gasteiger partial charge in [-0.05, 0) is 44.9 Å². The number of Topliss-reactive ketones (excluding diaryl/α,β-unsaturated/α-hetero) is 1. The van der Waals surface area contributed by atoms with Crippen molar-refractivity contribution < 1.29 is 23.8 Å². The predicted molar refractivity (Wildman–Crippen MR) is 98.6 cm³/mol. The Hall–Kier alpha value is -2.59. The third-order valence-corrected chi connectivity index (χ3v) is 4.09. The van der Waals surface area contributed by atoms with Gasteiger partial charge in [-0.15, -0.1) is 0 Å². The van der Waals surface area contributed by atoms with Gasteiger partial charge < -0.3 is 19.1 Å². The van der Waals surface area contributed by atoms with Crippen LogP contribution in [0.5, 0.6) is 5.75 Å². The molecule has 0 aromatic heterocycles. The Bertz CT molecular complexity index is 733. The molecule has 1 aliphatic rings.